The van der Waals surface area contributed by atoms with Crippen molar-refractivity contribution in [1.82, 2.24) is 9.97 Å². The van der Waals surface area contributed by atoms with E-state index in [0.717, 1.165) is 38.4 Å². The fourth-order valence-corrected chi connectivity index (χ4v) is 1.97. The van der Waals surface area contributed by atoms with E-state index in [4.69, 9.17) is 10.5 Å². The molecule has 1 aromatic heterocycles. The zero-order valence-corrected chi connectivity index (χ0v) is 9.59. The normalized spacial score (nSPS) is 17.5. The molecule has 0 aromatic carbocycles. The van der Waals surface area contributed by atoms with Crippen LogP contribution in [0.25, 0.3) is 0 Å². The van der Waals surface area contributed by atoms with E-state index in [9.17, 15) is 0 Å². The van der Waals surface area contributed by atoms with Gasteiger partial charge in [0.1, 0.15) is 0 Å². The van der Waals surface area contributed by atoms with Gasteiger partial charge < -0.3 is 15.4 Å². The van der Waals surface area contributed by atoms with E-state index in [0.29, 0.717) is 11.8 Å². The van der Waals surface area contributed by atoms with Gasteiger partial charge in [0.15, 0.2) is 0 Å². The zero-order valence-electron chi connectivity index (χ0n) is 9.59. The van der Waals surface area contributed by atoms with E-state index in [1.165, 1.54) is 0 Å². The minimum Gasteiger partial charge on any atom is -0.481 e. The molecule has 0 aliphatic carbocycles. The Morgan fingerprint density at radius 1 is 1.50 bits per heavy atom. The van der Waals surface area contributed by atoms with Gasteiger partial charge >= 0.3 is 0 Å². The highest BCUT2D eigenvalue weighted by Gasteiger charge is 2.19. The smallest absolute Gasteiger partial charge is 0.228 e. The van der Waals surface area contributed by atoms with E-state index < -0.39 is 0 Å². The van der Waals surface area contributed by atoms with E-state index in [1.54, 1.807) is 19.4 Å². The number of nitrogens with zero attached hydrogens (tertiary/aromatic N) is 3. The summed E-state index contributed by atoms with van der Waals surface area (Å²) in [6.07, 6.45) is 3.98. The van der Waals surface area contributed by atoms with Gasteiger partial charge in [-0.25, -0.2) is 4.98 Å². The highest BCUT2D eigenvalue weighted by molar-refractivity contribution is 5.32. The molecule has 1 aromatic rings. The third-order valence-corrected chi connectivity index (χ3v) is 3.06. The number of anilines is 1. The number of ether oxygens (including phenoxy) is 1. The fraction of sp³-hybridized carbons (Fsp3) is 0.636. The van der Waals surface area contributed by atoms with Crippen molar-refractivity contribution in [2.45, 2.75) is 12.8 Å². The highest BCUT2D eigenvalue weighted by atomic mass is 16.5. The molecule has 0 bridgehead atoms. The third kappa shape index (κ3) is 2.41. The summed E-state index contributed by atoms with van der Waals surface area (Å²) >= 11 is 0. The van der Waals surface area contributed by atoms with Crippen LogP contribution in [0.15, 0.2) is 12.3 Å². The maximum atomic E-state index is 5.66. The Bertz CT molecular complexity index is 337. The Hall–Kier alpha value is -1.36. The van der Waals surface area contributed by atoms with Crippen molar-refractivity contribution in [3.63, 3.8) is 0 Å². The molecule has 2 N–H and O–H groups in total. The summed E-state index contributed by atoms with van der Waals surface area (Å²) in [5, 5.41) is 0. The average Bonchev–Trinajstić information content (AvgIpc) is 2.39. The molecular formula is C11H18N4O. The molecule has 0 amide bonds. The van der Waals surface area contributed by atoms with E-state index in [2.05, 4.69) is 14.9 Å². The average molecular weight is 222 g/mol. The second kappa shape index (κ2) is 5.12. The predicted octanol–water partition coefficient (Wildman–Crippen LogP) is 0.660. The summed E-state index contributed by atoms with van der Waals surface area (Å²) in [5.41, 5.74) is 5.66. The van der Waals surface area contributed by atoms with Gasteiger partial charge in [-0.1, -0.05) is 0 Å². The summed E-state index contributed by atoms with van der Waals surface area (Å²) in [6, 6.07) is 1.76. The molecular weight excluding hydrogens is 204 g/mol. The molecule has 2 heterocycles. The lowest BCUT2D eigenvalue weighted by molar-refractivity contribution is 0.390. The third-order valence-electron chi connectivity index (χ3n) is 3.06. The minimum atomic E-state index is 0.617. The number of rotatable bonds is 3. The Morgan fingerprint density at radius 2 is 2.25 bits per heavy atom. The van der Waals surface area contributed by atoms with Gasteiger partial charge in [-0.3, -0.25) is 0 Å². The summed E-state index contributed by atoms with van der Waals surface area (Å²) in [4.78, 5) is 10.8. The molecule has 1 fully saturated rings. The molecule has 5 nitrogen and oxygen atoms in total. The minimum absolute atomic E-state index is 0.617. The van der Waals surface area contributed by atoms with Gasteiger partial charge in [0, 0.05) is 25.4 Å². The first kappa shape index (κ1) is 11.1. The van der Waals surface area contributed by atoms with Crippen molar-refractivity contribution in [2.24, 2.45) is 11.7 Å². The topological polar surface area (TPSA) is 64.3 Å². The molecule has 1 saturated heterocycles. The van der Waals surface area contributed by atoms with Crippen molar-refractivity contribution >= 4 is 5.95 Å². The van der Waals surface area contributed by atoms with Crippen LogP contribution in [0.2, 0.25) is 0 Å². The monoisotopic (exact) mass is 222 g/mol. The summed E-state index contributed by atoms with van der Waals surface area (Å²) in [6.45, 7) is 2.75. The van der Waals surface area contributed by atoms with Gasteiger partial charge in [0.25, 0.3) is 0 Å². The SMILES string of the molecule is COc1ccnc(N2CCC(CN)CC2)n1. The fourth-order valence-electron chi connectivity index (χ4n) is 1.97. The standard InChI is InChI=1S/C11H18N4O/c1-16-10-2-5-13-11(14-10)15-6-3-9(8-12)4-7-15/h2,5,9H,3-4,6-8,12H2,1H3. The van der Waals surface area contributed by atoms with Gasteiger partial charge in [0.05, 0.1) is 7.11 Å². The molecule has 0 spiro atoms. The van der Waals surface area contributed by atoms with Crippen LogP contribution in [0.5, 0.6) is 5.88 Å². The van der Waals surface area contributed by atoms with Gasteiger partial charge in [-0.2, -0.15) is 4.98 Å². The van der Waals surface area contributed by atoms with Crippen molar-refractivity contribution in [2.75, 3.05) is 31.6 Å². The second-order valence-electron chi connectivity index (χ2n) is 4.07. The molecule has 2 rings (SSSR count). The number of piperidine rings is 1. The largest absolute Gasteiger partial charge is 0.481 e. The molecule has 16 heavy (non-hydrogen) atoms. The lowest BCUT2D eigenvalue weighted by atomic mass is 9.97. The maximum absolute atomic E-state index is 5.66. The molecule has 1 aliphatic heterocycles. The van der Waals surface area contributed by atoms with Crippen molar-refractivity contribution < 1.29 is 4.74 Å². The Morgan fingerprint density at radius 3 is 2.88 bits per heavy atom. The maximum Gasteiger partial charge on any atom is 0.228 e. The first-order valence-electron chi connectivity index (χ1n) is 5.65. The summed E-state index contributed by atoms with van der Waals surface area (Å²) in [7, 11) is 1.62. The van der Waals surface area contributed by atoms with Crippen LogP contribution in [0.4, 0.5) is 5.95 Å². The molecule has 5 heteroatoms. The number of methoxy groups -OCH3 is 1. The summed E-state index contributed by atoms with van der Waals surface area (Å²) in [5.74, 6) is 2.03. The van der Waals surface area contributed by atoms with Gasteiger partial charge in [0.2, 0.25) is 11.8 Å². The number of hydrogen-bond donors (Lipinski definition) is 1. The number of hydrogen-bond acceptors (Lipinski definition) is 5. The van der Waals surface area contributed by atoms with E-state index in [1.807, 2.05) is 0 Å². The van der Waals surface area contributed by atoms with Crippen LogP contribution in [-0.2, 0) is 0 Å². The van der Waals surface area contributed by atoms with Gasteiger partial charge in [-0.15, -0.1) is 0 Å². The van der Waals surface area contributed by atoms with Crippen molar-refractivity contribution in [3.8, 4) is 5.88 Å². The van der Waals surface area contributed by atoms with Crippen LogP contribution >= 0.6 is 0 Å². The molecule has 0 radical (unpaired) electrons. The quantitative estimate of drug-likeness (QED) is 0.814. The first-order valence-corrected chi connectivity index (χ1v) is 5.65. The molecule has 0 saturated carbocycles. The first-order chi connectivity index (χ1) is 7.83. The van der Waals surface area contributed by atoms with Crippen LogP contribution in [0.3, 0.4) is 0 Å². The van der Waals surface area contributed by atoms with Crippen LogP contribution in [0, 0.1) is 5.92 Å². The Balaban J connectivity index is 2.02. The highest BCUT2D eigenvalue weighted by Crippen LogP contribution is 2.20. The predicted molar refractivity (Wildman–Crippen MR) is 62.6 cm³/mol. The van der Waals surface area contributed by atoms with Crippen LogP contribution < -0.4 is 15.4 Å². The molecule has 0 unspecified atom stereocenters. The lowest BCUT2D eigenvalue weighted by Crippen LogP contribution is -2.37. The van der Waals surface area contributed by atoms with E-state index in [-0.39, 0.29) is 0 Å². The van der Waals surface area contributed by atoms with Gasteiger partial charge in [-0.05, 0) is 25.3 Å². The van der Waals surface area contributed by atoms with Crippen molar-refractivity contribution in [1.29, 1.82) is 0 Å². The molecule has 88 valence electrons. The number of nitrogens with two attached hydrogens (primary N) is 1. The van der Waals surface area contributed by atoms with E-state index >= 15 is 0 Å². The van der Waals surface area contributed by atoms with Crippen molar-refractivity contribution in [3.05, 3.63) is 12.3 Å². The Labute approximate surface area is 95.6 Å². The Kier molecular flexibility index (Phi) is 3.56. The summed E-state index contributed by atoms with van der Waals surface area (Å²) < 4.78 is 5.09. The molecule has 0 atom stereocenters. The lowest BCUT2D eigenvalue weighted by Gasteiger charge is -2.31. The molecule has 1 aliphatic rings. The number of aromatic nitrogens is 2. The zero-order chi connectivity index (χ0) is 11.4. The van der Waals surface area contributed by atoms with Crippen LogP contribution in [-0.4, -0.2) is 36.7 Å². The van der Waals surface area contributed by atoms with Crippen LogP contribution in [0.1, 0.15) is 12.8 Å². The second-order valence-corrected chi connectivity index (χ2v) is 4.07.